The van der Waals surface area contributed by atoms with Crippen LogP contribution in [0.1, 0.15) is 0 Å². The first-order chi connectivity index (χ1) is 1.41. The van der Waals surface area contributed by atoms with Crippen molar-refractivity contribution >= 4 is 0 Å². The molecule has 0 aliphatic rings. The van der Waals surface area contributed by atoms with E-state index in [9.17, 15) is 6.63 Å². The molecule has 0 aromatic carbocycles. The zero-order valence-corrected chi connectivity index (χ0v) is 8.10. The van der Waals surface area contributed by atoms with Gasteiger partial charge in [0.15, 0.2) is 0 Å². The third-order valence-corrected chi connectivity index (χ3v) is 0. The minimum absolute atomic E-state index is 0. The minimum atomic E-state index is -2.88. The van der Waals surface area contributed by atoms with E-state index in [1.165, 1.54) is 0 Å². The van der Waals surface area contributed by atoms with Gasteiger partial charge in [-0.05, 0) is 0 Å². The molecule has 0 unspecified atom stereocenters. The van der Waals surface area contributed by atoms with Gasteiger partial charge in [0.25, 0.3) is 0 Å². The van der Waals surface area contributed by atoms with Crippen molar-refractivity contribution in [2.75, 3.05) is 0 Å². The van der Waals surface area contributed by atoms with Gasteiger partial charge in [-0.25, -0.2) is 0 Å². The second kappa shape index (κ2) is 8.93. The van der Waals surface area contributed by atoms with E-state index in [0.717, 1.165) is 0 Å². The summed E-state index contributed by atoms with van der Waals surface area (Å²) in [6, 6.07) is 0. The summed E-state index contributed by atoms with van der Waals surface area (Å²) >= 11 is -2.88. The van der Waals surface area contributed by atoms with Crippen LogP contribution in [0.4, 0.5) is 6.63 Å². The van der Waals surface area contributed by atoms with Crippen molar-refractivity contribution in [2.24, 2.45) is 0 Å². The summed E-state index contributed by atoms with van der Waals surface area (Å²) in [5.41, 5.74) is 0. The molecule has 0 N–H and O–H groups in total. The molecule has 0 saturated carbocycles. The largest absolute Gasteiger partial charge is 0 e. The molecule has 0 bridgehead atoms. The molecular formula is F2Zn2. The summed E-state index contributed by atoms with van der Waals surface area (Å²) in [7, 11) is 0. The quantitative estimate of drug-likeness (QED) is 0.471. The van der Waals surface area contributed by atoms with Crippen LogP contribution in [-0.4, -0.2) is 0 Å². The van der Waals surface area contributed by atoms with Crippen LogP contribution in [-0.2, 0) is 37.6 Å². The Labute approximate surface area is 44.5 Å². The number of halogens is 2. The first-order valence-corrected chi connectivity index (χ1v) is 2.78. The molecule has 0 atom stereocenters. The zero-order chi connectivity index (χ0) is 2.71. The summed E-state index contributed by atoms with van der Waals surface area (Å²) in [6.07, 6.45) is 0. The molecule has 0 aliphatic heterocycles. The normalized spacial score (nSPS) is 2.50. The molecule has 0 heterocycles. The molecule has 0 saturated heterocycles. The Morgan fingerprint density at radius 3 is 1.25 bits per heavy atom. The Bertz CT molecular complexity index is 4.00. The van der Waals surface area contributed by atoms with Gasteiger partial charge < -0.3 is 0 Å². The molecule has 0 nitrogen and oxygen atoms in total. The number of rotatable bonds is 0. The molecule has 18 valence electrons. The van der Waals surface area contributed by atoms with Gasteiger partial charge >= 0.3 is 24.8 Å². The van der Waals surface area contributed by atoms with Crippen LogP contribution in [0.3, 0.4) is 0 Å². The summed E-state index contributed by atoms with van der Waals surface area (Å²) in [5.74, 6) is 0. The van der Waals surface area contributed by atoms with Gasteiger partial charge in [0.2, 0.25) is 0 Å². The maximum atomic E-state index is 9.81. The van der Waals surface area contributed by atoms with Crippen molar-refractivity contribution in [3.8, 4) is 0 Å². The standard InChI is InChI=1S/2FH.2Zn/h2*1H;;/q;;;+2/p-2. The SMILES string of the molecule is [F][Zn][F].[Zn]. The van der Waals surface area contributed by atoms with E-state index in [-0.39, 0.29) is 19.5 Å². The van der Waals surface area contributed by atoms with E-state index in [2.05, 4.69) is 0 Å². The average Bonchev–Trinajstić information content (AvgIpc) is 0.918. The monoisotopic (exact) mass is 166 g/mol. The van der Waals surface area contributed by atoms with Gasteiger partial charge in [-0.1, -0.05) is 0 Å². The van der Waals surface area contributed by atoms with Gasteiger partial charge in [0, 0.05) is 19.5 Å². The maximum absolute atomic E-state index is 9.81. The molecule has 0 aromatic rings. The Hall–Kier alpha value is 1.11. The van der Waals surface area contributed by atoms with Crippen molar-refractivity contribution in [3.63, 3.8) is 0 Å². The van der Waals surface area contributed by atoms with Crippen LogP contribution < -0.4 is 0 Å². The number of hydrogen-bond donors (Lipinski definition) is 0. The van der Waals surface area contributed by atoms with Crippen molar-refractivity contribution < 1.29 is 44.2 Å². The summed E-state index contributed by atoms with van der Waals surface area (Å²) in [5, 5.41) is 0. The van der Waals surface area contributed by atoms with Gasteiger partial charge in [-0.2, -0.15) is 0 Å². The minimum Gasteiger partial charge on any atom is 0 e. The predicted molar refractivity (Wildman–Crippen MR) is 2.22 cm³/mol. The van der Waals surface area contributed by atoms with Crippen molar-refractivity contribution in [1.82, 2.24) is 0 Å². The Morgan fingerprint density at radius 1 is 1.25 bits per heavy atom. The van der Waals surface area contributed by atoms with Crippen molar-refractivity contribution in [2.45, 2.75) is 0 Å². The van der Waals surface area contributed by atoms with Crippen LogP contribution in [0.5, 0.6) is 0 Å². The molecule has 0 fully saturated rings. The molecule has 0 amide bonds. The summed E-state index contributed by atoms with van der Waals surface area (Å²) in [6.45, 7) is 0. The van der Waals surface area contributed by atoms with E-state index >= 15 is 0 Å². The van der Waals surface area contributed by atoms with Gasteiger partial charge in [0.1, 0.15) is 0 Å². The van der Waals surface area contributed by atoms with Crippen molar-refractivity contribution in [1.29, 1.82) is 0 Å². The topological polar surface area (TPSA) is 0 Å². The van der Waals surface area contributed by atoms with E-state index in [1.807, 2.05) is 0 Å². The third kappa shape index (κ3) is 11.3. The van der Waals surface area contributed by atoms with Crippen molar-refractivity contribution in [3.05, 3.63) is 0 Å². The Morgan fingerprint density at radius 2 is 1.25 bits per heavy atom. The van der Waals surface area contributed by atoms with Crippen LogP contribution in [0.15, 0.2) is 0 Å². The molecule has 0 aliphatic carbocycles. The first-order valence-electron chi connectivity index (χ1n) is 0.535. The summed E-state index contributed by atoms with van der Waals surface area (Å²) in [4.78, 5) is 0. The van der Waals surface area contributed by atoms with E-state index in [0.29, 0.717) is 0 Å². The van der Waals surface area contributed by atoms with Crippen LogP contribution in [0.2, 0.25) is 0 Å². The number of hydrogen-bond acceptors (Lipinski definition) is 0. The fourth-order valence-electron chi connectivity index (χ4n) is 0. The van der Waals surface area contributed by atoms with Crippen LogP contribution in [0.25, 0.3) is 0 Å². The second-order valence-electron chi connectivity index (χ2n) is 0.101. The molecule has 0 aromatic heterocycles. The fourth-order valence-corrected chi connectivity index (χ4v) is 0. The average molecular weight is 169 g/mol. The molecular weight excluding hydrogens is 169 g/mol. The van der Waals surface area contributed by atoms with E-state index in [4.69, 9.17) is 0 Å². The zero-order valence-electron chi connectivity index (χ0n) is 2.17. The van der Waals surface area contributed by atoms with Gasteiger partial charge in [-0.15, -0.1) is 0 Å². The Balaban J connectivity index is 0. The molecule has 0 radical (unpaired) electrons. The predicted octanol–water partition coefficient (Wildman–Crippen LogP) is 0.835. The summed E-state index contributed by atoms with van der Waals surface area (Å²) < 4.78 is 19.6. The smallest absolute Gasteiger partial charge is 0 e. The molecule has 0 rings (SSSR count). The molecule has 4 heavy (non-hydrogen) atoms. The molecule has 4 heteroatoms. The van der Waals surface area contributed by atoms with E-state index < -0.39 is 18.1 Å². The fraction of sp³-hybridized carbons (Fsp3) is 0. The molecule has 0 spiro atoms. The second-order valence-corrected chi connectivity index (χ2v) is 0.525. The third-order valence-electron chi connectivity index (χ3n) is 0. The Kier molecular flexibility index (Phi) is 19.9. The maximum Gasteiger partial charge on any atom is 0 e. The van der Waals surface area contributed by atoms with Crippen LogP contribution in [0, 0.1) is 0 Å². The van der Waals surface area contributed by atoms with Gasteiger partial charge in [0.05, 0.1) is 0 Å². The van der Waals surface area contributed by atoms with Crippen LogP contribution >= 0.6 is 0 Å². The first kappa shape index (κ1) is 8.92. The van der Waals surface area contributed by atoms with Gasteiger partial charge in [-0.3, -0.25) is 0 Å². The van der Waals surface area contributed by atoms with E-state index in [1.54, 1.807) is 0 Å².